The van der Waals surface area contributed by atoms with E-state index in [1.165, 1.54) is 24.1 Å². The van der Waals surface area contributed by atoms with Crippen LogP contribution in [0.15, 0.2) is 23.4 Å². The van der Waals surface area contributed by atoms with E-state index in [1.54, 1.807) is 6.92 Å². The third-order valence-electron chi connectivity index (χ3n) is 2.80. The normalized spacial score (nSPS) is 13.1. The van der Waals surface area contributed by atoms with E-state index < -0.39 is 11.7 Å². The van der Waals surface area contributed by atoms with Crippen LogP contribution in [0.5, 0.6) is 5.75 Å². The van der Waals surface area contributed by atoms with Crippen molar-refractivity contribution in [2.45, 2.75) is 19.4 Å². The number of hydrogen-bond donors (Lipinski definition) is 3. The Hall–Kier alpha value is -2.31. The number of aromatic hydroxyl groups is 1. The first-order valence-corrected chi connectivity index (χ1v) is 5.59. The number of carbonyl (C=O) groups excluding carboxylic acids is 1. The maximum Gasteiger partial charge on any atom is 0.256 e. The molecule has 0 bridgehead atoms. The number of halogens is 1. The SMILES string of the molecule is CC(C/C(N)=N/O)N(C)C(=O)c1ccc(O)cc1F. The highest BCUT2D eigenvalue weighted by atomic mass is 19.1. The Morgan fingerprint density at radius 1 is 1.58 bits per heavy atom. The summed E-state index contributed by atoms with van der Waals surface area (Å²) in [4.78, 5) is 13.3. The standard InChI is InChI=1S/C12H16FN3O3/c1-7(5-11(14)15-19)16(2)12(18)9-4-3-8(17)6-10(9)13/h3-4,6-7,17,19H,5H2,1-2H3,(H2,14,15). The van der Waals surface area contributed by atoms with Gasteiger partial charge in [-0.15, -0.1) is 0 Å². The molecule has 1 rings (SSSR count). The highest BCUT2D eigenvalue weighted by Gasteiger charge is 2.21. The Bertz CT molecular complexity index is 505. The molecule has 0 aliphatic rings. The first-order chi connectivity index (χ1) is 8.86. The second kappa shape index (κ2) is 6.03. The molecule has 0 aromatic heterocycles. The summed E-state index contributed by atoms with van der Waals surface area (Å²) in [7, 11) is 1.49. The van der Waals surface area contributed by atoms with E-state index in [4.69, 9.17) is 16.0 Å². The lowest BCUT2D eigenvalue weighted by molar-refractivity contribution is 0.0742. The monoisotopic (exact) mass is 269 g/mol. The zero-order chi connectivity index (χ0) is 14.6. The van der Waals surface area contributed by atoms with Crippen LogP contribution in [0.1, 0.15) is 23.7 Å². The van der Waals surface area contributed by atoms with Crippen molar-refractivity contribution in [2.75, 3.05) is 7.05 Å². The number of carbonyl (C=O) groups is 1. The fourth-order valence-corrected chi connectivity index (χ4v) is 1.55. The Labute approximate surface area is 109 Å². The number of oxime groups is 1. The largest absolute Gasteiger partial charge is 0.508 e. The molecule has 1 aromatic carbocycles. The van der Waals surface area contributed by atoms with Gasteiger partial charge in [-0.05, 0) is 19.1 Å². The highest BCUT2D eigenvalue weighted by Crippen LogP contribution is 2.17. The maximum absolute atomic E-state index is 13.6. The van der Waals surface area contributed by atoms with Crippen LogP contribution in [0.2, 0.25) is 0 Å². The van der Waals surface area contributed by atoms with E-state index >= 15 is 0 Å². The smallest absolute Gasteiger partial charge is 0.256 e. The average Bonchev–Trinajstić information content (AvgIpc) is 2.36. The number of phenols is 1. The van der Waals surface area contributed by atoms with Gasteiger partial charge in [0.2, 0.25) is 0 Å². The van der Waals surface area contributed by atoms with Gasteiger partial charge < -0.3 is 20.9 Å². The number of phenolic OH excluding ortho intramolecular Hbond substituents is 1. The maximum atomic E-state index is 13.6. The van der Waals surface area contributed by atoms with Gasteiger partial charge in [-0.1, -0.05) is 5.16 Å². The van der Waals surface area contributed by atoms with Gasteiger partial charge in [0.15, 0.2) is 0 Å². The number of nitrogens with zero attached hydrogens (tertiary/aromatic N) is 2. The predicted molar refractivity (Wildman–Crippen MR) is 67.6 cm³/mol. The molecule has 0 saturated heterocycles. The van der Waals surface area contributed by atoms with E-state index in [0.29, 0.717) is 0 Å². The average molecular weight is 269 g/mol. The van der Waals surface area contributed by atoms with Crippen molar-refractivity contribution < 1.29 is 19.5 Å². The van der Waals surface area contributed by atoms with E-state index in [2.05, 4.69) is 5.16 Å². The molecule has 19 heavy (non-hydrogen) atoms. The van der Waals surface area contributed by atoms with Gasteiger partial charge in [-0.25, -0.2) is 4.39 Å². The lowest BCUT2D eigenvalue weighted by Gasteiger charge is -2.24. The third-order valence-corrected chi connectivity index (χ3v) is 2.80. The molecule has 0 aliphatic heterocycles. The van der Waals surface area contributed by atoms with Crippen LogP contribution < -0.4 is 5.73 Å². The van der Waals surface area contributed by atoms with Crippen LogP contribution in [-0.2, 0) is 0 Å². The number of hydrogen-bond acceptors (Lipinski definition) is 4. The van der Waals surface area contributed by atoms with Crippen molar-refractivity contribution in [2.24, 2.45) is 10.9 Å². The molecule has 4 N–H and O–H groups in total. The number of amides is 1. The second-order valence-corrected chi connectivity index (χ2v) is 4.22. The van der Waals surface area contributed by atoms with E-state index in [-0.39, 0.29) is 29.6 Å². The summed E-state index contributed by atoms with van der Waals surface area (Å²) < 4.78 is 13.6. The molecule has 0 heterocycles. The summed E-state index contributed by atoms with van der Waals surface area (Å²) in [6, 6.07) is 2.95. The van der Waals surface area contributed by atoms with Crippen LogP contribution in [0.25, 0.3) is 0 Å². The van der Waals surface area contributed by atoms with Gasteiger partial charge >= 0.3 is 0 Å². The summed E-state index contributed by atoms with van der Waals surface area (Å²) in [6.45, 7) is 1.69. The lowest BCUT2D eigenvalue weighted by atomic mass is 10.1. The van der Waals surface area contributed by atoms with Gasteiger partial charge in [-0.2, -0.15) is 0 Å². The molecular weight excluding hydrogens is 253 g/mol. The Morgan fingerprint density at radius 3 is 2.74 bits per heavy atom. The first kappa shape index (κ1) is 14.7. The fourth-order valence-electron chi connectivity index (χ4n) is 1.55. The molecule has 1 amide bonds. The minimum Gasteiger partial charge on any atom is -0.508 e. The molecule has 0 spiro atoms. The Morgan fingerprint density at radius 2 is 2.21 bits per heavy atom. The van der Waals surface area contributed by atoms with Gasteiger partial charge in [0.1, 0.15) is 17.4 Å². The van der Waals surface area contributed by atoms with Gasteiger partial charge in [0.25, 0.3) is 5.91 Å². The summed E-state index contributed by atoms with van der Waals surface area (Å²) in [6.07, 6.45) is 0.165. The summed E-state index contributed by atoms with van der Waals surface area (Å²) in [5, 5.41) is 20.4. The zero-order valence-electron chi connectivity index (χ0n) is 10.7. The molecule has 1 aromatic rings. The number of amidine groups is 1. The van der Waals surface area contributed by atoms with Crippen molar-refractivity contribution in [1.29, 1.82) is 0 Å². The van der Waals surface area contributed by atoms with Crippen molar-refractivity contribution >= 4 is 11.7 Å². The van der Waals surface area contributed by atoms with Crippen LogP contribution in [0.4, 0.5) is 4.39 Å². The molecular formula is C12H16FN3O3. The number of nitrogens with two attached hydrogens (primary N) is 1. The Kier molecular flexibility index (Phi) is 4.68. The molecule has 0 fully saturated rings. The highest BCUT2D eigenvalue weighted by molar-refractivity contribution is 5.95. The second-order valence-electron chi connectivity index (χ2n) is 4.22. The molecule has 0 aliphatic carbocycles. The zero-order valence-corrected chi connectivity index (χ0v) is 10.7. The summed E-state index contributed by atoms with van der Waals surface area (Å²) in [5.74, 6) is -1.61. The van der Waals surface area contributed by atoms with Crippen molar-refractivity contribution in [3.05, 3.63) is 29.6 Å². The quantitative estimate of drug-likeness (QED) is 0.330. The van der Waals surface area contributed by atoms with Crippen LogP contribution >= 0.6 is 0 Å². The molecule has 0 radical (unpaired) electrons. The lowest BCUT2D eigenvalue weighted by Crippen LogP contribution is -2.38. The fraction of sp³-hybridized carbons (Fsp3) is 0.333. The number of rotatable bonds is 4. The summed E-state index contributed by atoms with van der Waals surface area (Å²) >= 11 is 0. The molecule has 1 atom stereocenters. The third kappa shape index (κ3) is 3.57. The van der Waals surface area contributed by atoms with Gasteiger partial charge in [0, 0.05) is 25.6 Å². The Balaban J connectivity index is 2.87. The van der Waals surface area contributed by atoms with Crippen molar-refractivity contribution in [3.8, 4) is 5.75 Å². The first-order valence-electron chi connectivity index (χ1n) is 5.59. The van der Waals surface area contributed by atoms with Gasteiger partial charge in [0.05, 0.1) is 5.56 Å². The number of benzene rings is 1. The van der Waals surface area contributed by atoms with Crippen molar-refractivity contribution in [1.82, 2.24) is 4.90 Å². The van der Waals surface area contributed by atoms with Crippen LogP contribution in [0.3, 0.4) is 0 Å². The summed E-state index contributed by atoms with van der Waals surface area (Å²) in [5.41, 5.74) is 5.21. The minimum atomic E-state index is -0.798. The van der Waals surface area contributed by atoms with Crippen LogP contribution in [-0.4, -0.2) is 40.0 Å². The predicted octanol–water partition coefficient (Wildman–Crippen LogP) is 1.13. The van der Waals surface area contributed by atoms with E-state index in [1.807, 2.05) is 0 Å². The molecule has 6 nitrogen and oxygen atoms in total. The van der Waals surface area contributed by atoms with Gasteiger partial charge in [-0.3, -0.25) is 4.79 Å². The minimum absolute atomic E-state index is 0.0154. The van der Waals surface area contributed by atoms with E-state index in [9.17, 15) is 9.18 Å². The molecule has 7 heteroatoms. The van der Waals surface area contributed by atoms with Crippen molar-refractivity contribution in [3.63, 3.8) is 0 Å². The molecule has 1 unspecified atom stereocenters. The van der Waals surface area contributed by atoms with E-state index in [0.717, 1.165) is 6.07 Å². The van der Waals surface area contributed by atoms with Crippen LogP contribution in [0, 0.1) is 5.82 Å². The topological polar surface area (TPSA) is 99.2 Å². The molecule has 0 saturated carbocycles. The molecule has 104 valence electrons.